The van der Waals surface area contributed by atoms with E-state index in [0.29, 0.717) is 17.2 Å². The fourth-order valence-corrected chi connectivity index (χ4v) is 1.08. The number of pyridine rings is 1. The number of hydrogen-bond acceptors (Lipinski definition) is 4. The van der Waals surface area contributed by atoms with E-state index in [1.165, 1.54) is 13.3 Å². The van der Waals surface area contributed by atoms with Gasteiger partial charge < -0.3 is 9.47 Å². The summed E-state index contributed by atoms with van der Waals surface area (Å²) < 4.78 is 10.5. The summed E-state index contributed by atoms with van der Waals surface area (Å²) in [5, 5.41) is 8.80. The molecule has 1 aliphatic carbocycles. The molecule has 1 saturated carbocycles. The van der Waals surface area contributed by atoms with Gasteiger partial charge in [0.25, 0.3) is 0 Å². The normalized spacial score (nSPS) is 14.6. The van der Waals surface area contributed by atoms with Crippen molar-refractivity contribution in [3.63, 3.8) is 0 Å². The minimum absolute atomic E-state index is 0.272. The Morgan fingerprint density at radius 1 is 1.57 bits per heavy atom. The second kappa shape index (κ2) is 3.54. The number of hydrogen-bond donors (Lipinski definition) is 0. The molecule has 0 saturated heterocycles. The molecule has 0 aliphatic heterocycles. The lowest BCUT2D eigenvalue weighted by Crippen LogP contribution is -1.99. The predicted molar refractivity (Wildman–Crippen MR) is 49.2 cm³/mol. The Balaban J connectivity index is 2.27. The van der Waals surface area contributed by atoms with E-state index in [1.54, 1.807) is 6.07 Å². The molecule has 1 fully saturated rings. The molecule has 2 rings (SSSR count). The summed E-state index contributed by atoms with van der Waals surface area (Å²) >= 11 is 0. The molecule has 1 aliphatic rings. The number of aromatic nitrogens is 1. The van der Waals surface area contributed by atoms with Crippen LogP contribution in [0.2, 0.25) is 0 Å². The van der Waals surface area contributed by atoms with Crippen LogP contribution in [0.5, 0.6) is 11.6 Å². The molecule has 0 spiro atoms. The number of nitriles is 1. The molecular weight excluding hydrogens is 180 g/mol. The van der Waals surface area contributed by atoms with E-state index < -0.39 is 0 Å². The van der Waals surface area contributed by atoms with Gasteiger partial charge in [0.2, 0.25) is 5.88 Å². The number of nitrogens with zero attached hydrogens (tertiary/aromatic N) is 2. The maximum atomic E-state index is 8.80. The molecule has 1 aromatic heterocycles. The first-order valence-electron chi connectivity index (χ1n) is 4.44. The van der Waals surface area contributed by atoms with Crippen LogP contribution < -0.4 is 9.47 Å². The summed E-state index contributed by atoms with van der Waals surface area (Å²) in [4.78, 5) is 3.93. The fraction of sp³-hybridized carbons (Fsp3) is 0.400. The van der Waals surface area contributed by atoms with E-state index in [2.05, 4.69) is 4.98 Å². The molecule has 0 bridgehead atoms. The summed E-state index contributed by atoms with van der Waals surface area (Å²) in [6.07, 6.45) is 3.87. The molecule has 0 N–H and O–H groups in total. The van der Waals surface area contributed by atoms with E-state index in [9.17, 15) is 0 Å². The van der Waals surface area contributed by atoms with Gasteiger partial charge in [0, 0.05) is 6.07 Å². The first kappa shape index (κ1) is 8.82. The zero-order valence-electron chi connectivity index (χ0n) is 7.86. The fourth-order valence-electron chi connectivity index (χ4n) is 1.08. The van der Waals surface area contributed by atoms with Crippen molar-refractivity contribution in [2.45, 2.75) is 18.9 Å². The second-order valence-corrected chi connectivity index (χ2v) is 3.15. The summed E-state index contributed by atoms with van der Waals surface area (Å²) in [7, 11) is 1.54. The molecule has 14 heavy (non-hydrogen) atoms. The molecule has 4 heteroatoms. The van der Waals surface area contributed by atoms with Gasteiger partial charge in [-0.1, -0.05) is 0 Å². The largest absolute Gasteiger partial charge is 0.489 e. The summed E-state index contributed by atoms with van der Waals surface area (Å²) in [6, 6.07) is 3.69. The highest BCUT2D eigenvalue weighted by molar-refractivity contribution is 5.43. The highest BCUT2D eigenvalue weighted by Gasteiger charge is 2.24. The zero-order valence-corrected chi connectivity index (χ0v) is 7.86. The Hall–Kier alpha value is -1.76. The molecule has 1 heterocycles. The highest BCUT2D eigenvalue weighted by atomic mass is 16.5. The van der Waals surface area contributed by atoms with Gasteiger partial charge in [-0.05, 0) is 12.8 Å². The Morgan fingerprint density at radius 2 is 2.36 bits per heavy atom. The van der Waals surface area contributed by atoms with Gasteiger partial charge in [0.1, 0.15) is 17.4 Å². The van der Waals surface area contributed by atoms with E-state index in [1.807, 2.05) is 6.07 Å². The van der Waals surface area contributed by atoms with Crippen molar-refractivity contribution in [3.8, 4) is 17.7 Å². The van der Waals surface area contributed by atoms with Gasteiger partial charge in [-0.2, -0.15) is 5.26 Å². The van der Waals surface area contributed by atoms with Crippen LogP contribution in [0.15, 0.2) is 12.3 Å². The highest BCUT2D eigenvalue weighted by Crippen LogP contribution is 2.30. The van der Waals surface area contributed by atoms with E-state index in [0.717, 1.165) is 12.8 Å². The standard InChI is InChI=1S/C10H10N2O2/c1-13-10-4-9(14-8-2-3-8)7(5-11)6-12-10/h4,6,8H,2-3H2,1H3. The molecule has 0 atom stereocenters. The average Bonchev–Trinajstić information content (AvgIpc) is 3.01. The summed E-state index contributed by atoms with van der Waals surface area (Å²) in [5.74, 6) is 1.04. The number of rotatable bonds is 3. The van der Waals surface area contributed by atoms with Crippen molar-refractivity contribution in [2.24, 2.45) is 0 Å². The predicted octanol–water partition coefficient (Wildman–Crippen LogP) is 1.50. The average molecular weight is 190 g/mol. The van der Waals surface area contributed by atoms with Crippen molar-refractivity contribution in [3.05, 3.63) is 17.8 Å². The minimum atomic E-state index is 0.272. The van der Waals surface area contributed by atoms with Crippen LogP contribution in [0, 0.1) is 11.3 Å². The second-order valence-electron chi connectivity index (χ2n) is 3.15. The molecular formula is C10H10N2O2. The Bertz CT molecular complexity index is 380. The van der Waals surface area contributed by atoms with Gasteiger partial charge in [-0.15, -0.1) is 0 Å². The van der Waals surface area contributed by atoms with Crippen molar-refractivity contribution < 1.29 is 9.47 Å². The van der Waals surface area contributed by atoms with Gasteiger partial charge in [0.15, 0.2) is 0 Å². The van der Waals surface area contributed by atoms with Crippen LogP contribution in [0.1, 0.15) is 18.4 Å². The van der Waals surface area contributed by atoms with Crippen LogP contribution in [0.4, 0.5) is 0 Å². The molecule has 0 unspecified atom stereocenters. The molecule has 72 valence electrons. The van der Waals surface area contributed by atoms with Crippen LogP contribution in [-0.2, 0) is 0 Å². The first-order chi connectivity index (χ1) is 6.83. The third-order valence-electron chi connectivity index (χ3n) is 1.99. The zero-order chi connectivity index (χ0) is 9.97. The third-order valence-corrected chi connectivity index (χ3v) is 1.99. The van der Waals surface area contributed by atoms with Gasteiger partial charge in [-0.25, -0.2) is 4.98 Å². The van der Waals surface area contributed by atoms with Crippen LogP contribution in [0.25, 0.3) is 0 Å². The van der Waals surface area contributed by atoms with E-state index >= 15 is 0 Å². The van der Waals surface area contributed by atoms with Crippen LogP contribution in [-0.4, -0.2) is 18.2 Å². The maximum absolute atomic E-state index is 8.80. The van der Waals surface area contributed by atoms with Gasteiger partial charge >= 0.3 is 0 Å². The first-order valence-corrected chi connectivity index (χ1v) is 4.44. The lowest BCUT2D eigenvalue weighted by molar-refractivity contribution is 0.298. The SMILES string of the molecule is COc1cc(OC2CC2)c(C#N)cn1. The van der Waals surface area contributed by atoms with Crippen LogP contribution in [0.3, 0.4) is 0 Å². The number of methoxy groups -OCH3 is 1. The minimum Gasteiger partial charge on any atom is -0.489 e. The summed E-state index contributed by atoms with van der Waals surface area (Å²) in [6.45, 7) is 0. The van der Waals surface area contributed by atoms with Gasteiger partial charge in [-0.3, -0.25) is 0 Å². The molecule has 1 aromatic rings. The van der Waals surface area contributed by atoms with Crippen molar-refractivity contribution >= 4 is 0 Å². The molecule has 0 amide bonds. The Kier molecular flexibility index (Phi) is 2.23. The third kappa shape index (κ3) is 1.77. The lowest BCUT2D eigenvalue weighted by Gasteiger charge is -2.07. The lowest BCUT2D eigenvalue weighted by atomic mass is 10.3. The number of ether oxygens (including phenoxy) is 2. The van der Waals surface area contributed by atoms with E-state index in [-0.39, 0.29) is 6.10 Å². The molecule has 0 radical (unpaired) electrons. The van der Waals surface area contributed by atoms with E-state index in [4.69, 9.17) is 14.7 Å². The topological polar surface area (TPSA) is 55.1 Å². The molecule has 4 nitrogen and oxygen atoms in total. The monoisotopic (exact) mass is 190 g/mol. The smallest absolute Gasteiger partial charge is 0.216 e. The molecule has 0 aromatic carbocycles. The maximum Gasteiger partial charge on any atom is 0.216 e. The van der Waals surface area contributed by atoms with Gasteiger partial charge in [0.05, 0.1) is 19.4 Å². The van der Waals surface area contributed by atoms with Crippen LogP contribution >= 0.6 is 0 Å². The van der Waals surface area contributed by atoms with Crippen molar-refractivity contribution in [2.75, 3.05) is 7.11 Å². The van der Waals surface area contributed by atoms with Crippen molar-refractivity contribution in [1.82, 2.24) is 4.98 Å². The Labute approximate surface area is 82.1 Å². The Morgan fingerprint density at radius 3 is 2.93 bits per heavy atom. The van der Waals surface area contributed by atoms with Crippen molar-refractivity contribution in [1.29, 1.82) is 5.26 Å². The quantitative estimate of drug-likeness (QED) is 0.724. The summed E-state index contributed by atoms with van der Waals surface area (Å²) in [5.41, 5.74) is 0.456.